The molecule has 0 aliphatic carbocycles. The molecule has 0 spiro atoms. The first-order valence-electron chi connectivity index (χ1n) is 9.25. The largest absolute Gasteiger partial charge is 0.455 e. The number of nitrogens with one attached hydrogen (secondary N) is 1. The van der Waals surface area contributed by atoms with E-state index < -0.39 is 11.2 Å². The minimum absolute atomic E-state index is 0.101. The van der Waals surface area contributed by atoms with E-state index >= 15 is 0 Å². The van der Waals surface area contributed by atoms with Crippen molar-refractivity contribution in [3.8, 4) is 0 Å². The summed E-state index contributed by atoms with van der Waals surface area (Å²) in [5.74, 6) is -1.21. The Morgan fingerprint density at radius 2 is 1.90 bits per heavy atom. The van der Waals surface area contributed by atoms with E-state index in [9.17, 15) is 14.4 Å². The summed E-state index contributed by atoms with van der Waals surface area (Å²) in [5, 5.41) is 7.86. The van der Waals surface area contributed by atoms with Gasteiger partial charge in [0.05, 0.1) is 29.6 Å². The van der Waals surface area contributed by atoms with E-state index in [2.05, 4.69) is 10.4 Å². The first-order chi connectivity index (χ1) is 14.1. The maximum atomic E-state index is 12.3. The number of carbonyl (C=O) groups is 3. The Morgan fingerprint density at radius 3 is 2.72 bits per heavy atom. The summed E-state index contributed by atoms with van der Waals surface area (Å²) in [6, 6.07) is 17.1. The number of nitrogens with zero attached hydrogens (tertiary/aromatic N) is 2. The number of thioether (sulfide) groups is 1. The molecule has 1 N–H and O–H groups in total. The van der Waals surface area contributed by atoms with E-state index in [1.807, 2.05) is 54.6 Å². The highest BCUT2D eigenvalue weighted by Gasteiger charge is 2.30. The minimum atomic E-state index is -0.586. The SMILES string of the molecule is O=C(C[C@@H]1Sc2ccccc2NC1=O)OCC(=O)N1CCC(c2ccccc2)=N1. The number of hydrazone groups is 1. The molecule has 0 fully saturated rings. The van der Waals surface area contributed by atoms with Crippen molar-refractivity contribution < 1.29 is 19.1 Å². The van der Waals surface area contributed by atoms with Crippen LogP contribution in [0, 0.1) is 0 Å². The Kier molecular flexibility index (Phi) is 5.62. The summed E-state index contributed by atoms with van der Waals surface area (Å²) in [7, 11) is 0. The first-order valence-corrected chi connectivity index (χ1v) is 10.1. The normalized spacial score (nSPS) is 17.9. The Hall–Kier alpha value is -3.13. The van der Waals surface area contributed by atoms with Gasteiger partial charge in [-0.15, -0.1) is 11.8 Å². The number of hydrogen-bond donors (Lipinski definition) is 1. The van der Waals surface area contributed by atoms with Crippen molar-refractivity contribution in [2.24, 2.45) is 5.10 Å². The molecule has 0 unspecified atom stereocenters. The standard InChI is InChI=1S/C21H19N3O4S/c25-19(24-11-10-15(23-24)14-6-2-1-3-7-14)13-28-20(26)12-18-21(27)22-16-8-4-5-9-17(16)29-18/h1-9,18H,10-13H2,(H,22,27)/t18-/m0/s1. The maximum Gasteiger partial charge on any atom is 0.307 e. The maximum absolute atomic E-state index is 12.3. The fourth-order valence-corrected chi connectivity index (χ4v) is 4.22. The second-order valence-corrected chi connectivity index (χ2v) is 7.88. The van der Waals surface area contributed by atoms with E-state index in [0.29, 0.717) is 13.0 Å². The zero-order chi connectivity index (χ0) is 20.2. The van der Waals surface area contributed by atoms with Crippen molar-refractivity contribution in [2.45, 2.75) is 23.0 Å². The van der Waals surface area contributed by atoms with Crippen LogP contribution < -0.4 is 5.32 Å². The van der Waals surface area contributed by atoms with Crippen LogP contribution in [0.1, 0.15) is 18.4 Å². The van der Waals surface area contributed by atoms with Crippen LogP contribution in [0.15, 0.2) is 64.6 Å². The highest BCUT2D eigenvalue weighted by Crippen LogP contribution is 2.36. The predicted octanol–water partition coefficient (Wildman–Crippen LogP) is 2.67. The van der Waals surface area contributed by atoms with Crippen LogP contribution in [-0.4, -0.2) is 46.9 Å². The summed E-state index contributed by atoms with van der Waals surface area (Å²) in [5.41, 5.74) is 2.54. The first kappa shape index (κ1) is 19.2. The molecular weight excluding hydrogens is 390 g/mol. The van der Waals surface area contributed by atoms with Crippen LogP contribution in [0.3, 0.4) is 0 Å². The van der Waals surface area contributed by atoms with E-state index in [-0.39, 0.29) is 24.8 Å². The highest BCUT2D eigenvalue weighted by atomic mass is 32.2. The van der Waals surface area contributed by atoms with E-state index in [0.717, 1.165) is 21.9 Å². The molecule has 0 bridgehead atoms. The van der Waals surface area contributed by atoms with Crippen LogP contribution in [0.2, 0.25) is 0 Å². The number of ether oxygens (including phenoxy) is 1. The van der Waals surface area contributed by atoms with Crippen molar-refractivity contribution in [3.05, 3.63) is 60.2 Å². The Labute approximate surface area is 172 Å². The predicted molar refractivity (Wildman–Crippen MR) is 110 cm³/mol. The molecule has 2 aliphatic rings. The highest BCUT2D eigenvalue weighted by molar-refractivity contribution is 8.01. The zero-order valence-electron chi connectivity index (χ0n) is 15.5. The minimum Gasteiger partial charge on any atom is -0.455 e. The summed E-state index contributed by atoms with van der Waals surface area (Å²) < 4.78 is 5.10. The number of rotatable bonds is 5. The Balaban J connectivity index is 1.28. The van der Waals surface area contributed by atoms with E-state index in [1.54, 1.807) is 0 Å². The van der Waals surface area contributed by atoms with Gasteiger partial charge in [-0.25, -0.2) is 5.01 Å². The molecule has 2 aromatic carbocycles. The van der Waals surface area contributed by atoms with Gasteiger partial charge in [0.1, 0.15) is 0 Å². The monoisotopic (exact) mass is 409 g/mol. The smallest absolute Gasteiger partial charge is 0.307 e. The lowest BCUT2D eigenvalue weighted by atomic mass is 10.1. The molecule has 1 atom stereocenters. The third-order valence-electron chi connectivity index (χ3n) is 4.61. The molecular formula is C21H19N3O4S. The van der Waals surface area contributed by atoms with Gasteiger partial charge in [0.15, 0.2) is 6.61 Å². The van der Waals surface area contributed by atoms with Gasteiger partial charge in [-0.05, 0) is 17.7 Å². The molecule has 4 rings (SSSR count). The van der Waals surface area contributed by atoms with Gasteiger partial charge in [-0.1, -0.05) is 42.5 Å². The summed E-state index contributed by atoms with van der Waals surface area (Å²) in [6.45, 7) is 0.0677. The number of anilines is 1. The van der Waals surface area contributed by atoms with Crippen molar-refractivity contribution in [1.82, 2.24) is 5.01 Å². The Bertz CT molecular complexity index is 977. The Morgan fingerprint density at radius 1 is 1.14 bits per heavy atom. The average molecular weight is 409 g/mol. The van der Waals surface area contributed by atoms with Gasteiger partial charge >= 0.3 is 5.97 Å². The molecule has 148 valence electrons. The second-order valence-electron chi connectivity index (χ2n) is 6.64. The number of carbonyl (C=O) groups excluding carboxylic acids is 3. The fourth-order valence-electron chi connectivity index (χ4n) is 3.12. The molecule has 2 aliphatic heterocycles. The molecule has 2 amide bonds. The van der Waals surface area contributed by atoms with Crippen molar-refractivity contribution in [1.29, 1.82) is 0 Å². The van der Waals surface area contributed by atoms with E-state index in [1.165, 1.54) is 16.8 Å². The lowest BCUT2D eigenvalue weighted by molar-refractivity contribution is -0.152. The fraction of sp³-hybridized carbons (Fsp3) is 0.238. The molecule has 0 radical (unpaired) electrons. The van der Waals surface area contributed by atoms with Crippen LogP contribution in [-0.2, 0) is 19.1 Å². The van der Waals surface area contributed by atoms with Crippen LogP contribution in [0.5, 0.6) is 0 Å². The number of para-hydroxylation sites is 1. The summed E-state index contributed by atoms with van der Waals surface area (Å²) in [6.07, 6.45) is 0.554. The van der Waals surface area contributed by atoms with Crippen LogP contribution in [0.25, 0.3) is 0 Å². The van der Waals surface area contributed by atoms with E-state index in [4.69, 9.17) is 4.74 Å². The molecule has 8 heteroatoms. The molecule has 0 saturated carbocycles. The molecule has 2 heterocycles. The van der Waals surface area contributed by atoms with Crippen molar-refractivity contribution >= 4 is 40.9 Å². The number of esters is 1. The average Bonchev–Trinajstić information content (AvgIpc) is 3.24. The lowest BCUT2D eigenvalue weighted by Gasteiger charge is -2.23. The molecule has 0 saturated heterocycles. The topological polar surface area (TPSA) is 88.1 Å². The van der Waals surface area contributed by atoms with Crippen LogP contribution >= 0.6 is 11.8 Å². The molecule has 0 aromatic heterocycles. The number of hydrogen-bond acceptors (Lipinski definition) is 6. The summed E-state index contributed by atoms with van der Waals surface area (Å²) in [4.78, 5) is 37.5. The van der Waals surface area contributed by atoms with Gasteiger partial charge < -0.3 is 10.1 Å². The van der Waals surface area contributed by atoms with Gasteiger partial charge in [-0.2, -0.15) is 5.10 Å². The lowest BCUT2D eigenvalue weighted by Crippen LogP contribution is -2.33. The number of amides is 2. The van der Waals surface area contributed by atoms with Crippen molar-refractivity contribution in [2.75, 3.05) is 18.5 Å². The van der Waals surface area contributed by atoms with Gasteiger partial charge in [0.2, 0.25) is 5.91 Å². The molecule has 7 nitrogen and oxygen atoms in total. The van der Waals surface area contributed by atoms with Crippen molar-refractivity contribution in [3.63, 3.8) is 0 Å². The third kappa shape index (κ3) is 4.48. The third-order valence-corrected chi connectivity index (χ3v) is 5.89. The quantitative estimate of drug-likeness (QED) is 0.767. The van der Waals surface area contributed by atoms with Gasteiger partial charge in [0.25, 0.3) is 5.91 Å². The molecule has 29 heavy (non-hydrogen) atoms. The number of fused-ring (bicyclic) bond motifs is 1. The zero-order valence-corrected chi connectivity index (χ0v) is 16.4. The van der Waals surface area contributed by atoms with Gasteiger partial charge in [-0.3, -0.25) is 14.4 Å². The summed E-state index contributed by atoms with van der Waals surface area (Å²) >= 11 is 1.32. The second kappa shape index (κ2) is 8.48. The molecule has 2 aromatic rings. The van der Waals surface area contributed by atoms with Crippen LogP contribution in [0.4, 0.5) is 5.69 Å². The van der Waals surface area contributed by atoms with Gasteiger partial charge in [0, 0.05) is 11.3 Å². The number of benzene rings is 2.